The van der Waals surface area contributed by atoms with E-state index in [0.717, 1.165) is 0 Å². The molecule has 1 amide bonds. The molecule has 1 atom stereocenters. The average molecular weight is 342 g/mol. The van der Waals surface area contributed by atoms with E-state index in [2.05, 4.69) is 5.32 Å². The third-order valence-corrected chi connectivity index (χ3v) is 3.39. The lowest BCUT2D eigenvalue weighted by atomic mass is 10.2. The SMILES string of the molecule is C[C@@H](NC(=O)COC(=O)c1cc(Cl)ccc1Cl)c1ccco1. The molecular weight excluding hydrogens is 329 g/mol. The summed E-state index contributed by atoms with van der Waals surface area (Å²) >= 11 is 11.7. The second-order valence-electron chi connectivity index (χ2n) is 4.50. The van der Waals surface area contributed by atoms with E-state index in [4.69, 9.17) is 32.4 Å². The molecule has 0 aliphatic heterocycles. The van der Waals surface area contributed by atoms with Crippen molar-refractivity contribution >= 4 is 35.1 Å². The van der Waals surface area contributed by atoms with E-state index in [9.17, 15) is 9.59 Å². The van der Waals surface area contributed by atoms with Crippen LogP contribution in [0.1, 0.15) is 29.1 Å². The van der Waals surface area contributed by atoms with Crippen molar-refractivity contribution in [3.05, 3.63) is 58.0 Å². The van der Waals surface area contributed by atoms with Crippen molar-refractivity contribution in [3.8, 4) is 0 Å². The number of hydrogen-bond donors (Lipinski definition) is 1. The van der Waals surface area contributed by atoms with Gasteiger partial charge in [-0.05, 0) is 37.3 Å². The Morgan fingerprint density at radius 3 is 2.77 bits per heavy atom. The first-order valence-corrected chi connectivity index (χ1v) is 7.18. The third kappa shape index (κ3) is 4.26. The Labute approximate surface area is 137 Å². The number of carbonyl (C=O) groups excluding carboxylic acids is 2. The van der Waals surface area contributed by atoms with Gasteiger partial charge in [0.1, 0.15) is 5.76 Å². The number of ether oxygens (including phenoxy) is 1. The van der Waals surface area contributed by atoms with Crippen LogP contribution in [-0.2, 0) is 9.53 Å². The fraction of sp³-hybridized carbons (Fsp3) is 0.200. The number of nitrogens with one attached hydrogen (secondary N) is 1. The second-order valence-corrected chi connectivity index (χ2v) is 5.35. The standard InChI is InChI=1S/C15H13Cl2NO4/c1-9(13-3-2-6-21-13)18-14(19)8-22-15(20)11-7-10(16)4-5-12(11)17/h2-7,9H,8H2,1H3,(H,18,19)/t9-/m1/s1. The van der Waals surface area contributed by atoms with Crippen LogP contribution in [-0.4, -0.2) is 18.5 Å². The van der Waals surface area contributed by atoms with Crippen LogP contribution in [0.2, 0.25) is 10.0 Å². The van der Waals surface area contributed by atoms with E-state index in [-0.39, 0.29) is 16.6 Å². The molecule has 5 nitrogen and oxygen atoms in total. The second kappa shape index (κ2) is 7.33. The summed E-state index contributed by atoms with van der Waals surface area (Å²) < 4.78 is 10.1. The topological polar surface area (TPSA) is 68.5 Å². The summed E-state index contributed by atoms with van der Waals surface area (Å²) in [6, 6.07) is 7.56. The third-order valence-electron chi connectivity index (χ3n) is 2.83. The zero-order valence-electron chi connectivity index (χ0n) is 11.6. The molecule has 2 rings (SSSR count). The predicted molar refractivity (Wildman–Crippen MR) is 82.0 cm³/mol. The largest absolute Gasteiger partial charge is 0.467 e. The highest BCUT2D eigenvalue weighted by molar-refractivity contribution is 6.35. The number of amides is 1. The van der Waals surface area contributed by atoms with Crippen LogP contribution in [0.25, 0.3) is 0 Å². The molecule has 1 heterocycles. The van der Waals surface area contributed by atoms with Crippen molar-refractivity contribution < 1.29 is 18.7 Å². The van der Waals surface area contributed by atoms with Crippen LogP contribution in [0.4, 0.5) is 0 Å². The highest BCUT2D eigenvalue weighted by Gasteiger charge is 2.16. The van der Waals surface area contributed by atoms with Crippen LogP contribution in [0.5, 0.6) is 0 Å². The summed E-state index contributed by atoms with van der Waals surface area (Å²) in [5.74, 6) is -0.554. The molecule has 0 aliphatic carbocycles. The molecule has 1 aromatic heterocycles. The molecule has 2 aromatic rings. The first-order valence-electron chi connectivity index (χ1n) is 6.42. The maximum Gasteiger partial charge on any atom is 0.340 e. The van der Waals surface area contributed by atoms with Gasteiger partial charge in [-0.25, -0.2) is 4.79 Å². The molecule has 0 spiro atoms. The van der Waals surface area contributed by atoms with E-state index in [1.54, 1.807) is 25.1 Å². The minimum atomic E-state index is -0.715. The molecule has 22 heavy (non-hydrogen) atoms. The van der Waals surface area contributed by atoms with Crippen LogP contribution in [0.15, 0.2) is 41.0 Å². The summed E-state index contributed by atoms with van der Waals surface area (Å²) in [5, 5.41) is 3.21. The Morgan fingerprint density at radius 1 is 1.32 bits per heavy atom. The molecular formula is C15H13Cl2NO4. The summed E-state index contributed by atoms with van der Waals surface area (Å²) in [7, 11) is 0. The number of rotatable bonds is 5. The predicted octanol–water partition coefficient (Wildman–Crippen LogP) is 3.62. The minimum absolute atomic E-state index is 0.112. The molecule has 0 unspecified atom stereocenters. The highest BCUT2D eigenvalue weighted by atomic mass is 35.5. The van der Waals surface area contributed by atoms with E-state index in [1.165, 1.54) is 18.4 Å². The van der Waals surface area contributed by atoms with Gasteiger partial charge in [-0.15, -0.1) is 0 Å². The molecule has 0 aliphatic rings. The van der Waals surface area contributed by atoms with E-state index in [0.29, 0.717) is 10.8 Å². The van der Waals surface area contributed by atoms with Crippen LogP contribution in [0, 0.1) is 0 Å². The van der Waals surface area contributed by atoms with Gasteiger partial charge in [0.15, 0.2) is 6.61 Å². The van der Waals surface area contributed by atoms with Gasteiger partial charge in [0.05, 0.1) is 22.9 Å². The fourth-order valence-electron chi connectivity index (χ4n) is 1.75. The maximum absolute atomic E-state index is 11.9. The lowest BCUT2D eigenvalue weighted by Crippen LogP contribution is -2.31. The number of benzene rings is 1. The van der Waals surface area contributed by atoms with Gasteiger partial charge in [-0.3, -0.25) is 4.79 Å². The summed E-state index contributed by atoms with van der Waals surface area (Å²) in [6.07, 6.45) is 1.51. The number of furan rings is 1. The van der Waals surface area contributed by atoms with Crippen molar-refractivity contribution in [3.63, 3.8) is 0 Å². The monoisotopic (exact) mass is 341 g/mol. The van der Waals surface area contributed by atoms with Crippen molar-refractivity contribution in [1.82, 2.24) is 5.32 Å². The van der Waals surface area contributed by atoms with E-state index in [1.807, 2.05) is 0 Å². The zero-order chi connectivity index (χ0) is 16.1. The fourth-order valence-corrected chi connectivity index (χ4v) is 2.12. The molecule has 0 saturated carbocycles. The first-order chi connectivity index (χ1) is 10.5. The van der Waals surface area contributed by atoms with E-state index < -0.39 is 18.5 Å². The number of hydrogen-bond acceptors (Lipinski definition) is 4. The molecule has 1 aromatic carbocycles. The molecule has 1 N–H and O–H groups in total. The van der Waals surface area contributed by atoms with Crippen molar-refractivity contribution in [2.24, 2.45) is 0 Å². The van der Waals surface area contributed by atoms with Crippen LogP contribution >= 0.6 is 23.2 Å². The quantitative estimate of drug-likeness (QED) is 0.843. The van der Waals surface area contributed by atoms with Crippen molar-refractivity contribution in [1.29, 1.82) is 0 Å². The lowest BCUT2D eigenvalue weighted by molar-refractivity contribution is -0.125. The smallest absolute Gasteiger partial charge is 0.340 e. The van der Waals surface area contributed by atoms with E-state index >= 15 is 0 Å². The van der Waals surface area contributed by atoms with Gasteiger partial charge < -0.3 is 14.5 Å². The zero-order valence-corrected chi connectivity index (χ0v) is 13.1. The minimum Gasteiger partial charge on any atom is -0.467 e. The molecule has 7 heteroatoms. The van der Waals surface area contributed by atoms with Gasteiger partial charge in [-0.2, -0.15) is 0 Å². The normalized spacial score (nSPS) is 11.8. The molecule has 0 radical (unpaired) electrons. The highest BCUT2D eigenvalue weighted by Crippen LogP contribution is 2.21. The number of carbonyl (C=O) groups is 2. The van der Waals surface area contributed by atoms with Crippen LogP contribution < -0.4 is 5.32 Å². The lowest BCUT2D eigenvalue weighted by Gasteiger charge is -2.12. The van der Waals surface area contributed by atoms with Gasteiger partial charge in [0.2, 0.25) is 0 Å². The Bertz CT molecular complexity index is 670. The Kier molecular flexibility index (Phi) is 5.46. The summed E-state index contributed by atoms with van der Waals surface area (Å²) in [5.41, 5.74) is 0.112. The Hall–Kier alpha value is -1.98. The Morgan fingerprint density at radius 2 is 2.09 bits per heavy atom. The molecule has 0 saturated heterocycles. The number of halogens is 2. The van der Waals surface area contributed by atoms with Gasteiger partial charge in [-0.1, -0.05) is 23.2 Å². The maximum atomic E-state index is 11.9. The average Bonchev–Trinajstić information content (AvgIpc) is 3.01. The molecule has 0 fully saturated rings. The van der Waals surface area contributed by atoms with Crippen LogP contribution in [0.3, 0.4) is 0 Å². The summed E-state index contributed by atoms with van der Waals surface area (Å²) in [6.45, 7) is 1.33. The van der Waals surface area contributed by atoms with Crippen molar-refractivity contribution in [2.75, 3.05) is 6.61 Å². The molecule has 0 bridgehead atoms. The van der Waals surface area contributed by atoms with Gasteiger partial charge in [0.25, 0.3) is 5.91 Å². The van der Waals surface area contributed by atoms with Crippen molar-refractivity contribution in [2.45, 2.75) is 13.0 Å². The van der Waals surface area contributed by atoms with Gasteiger partial charge in [0, 0.05) is 5.02 Å². The Balaban J connectivity index is 1.88. The van der Waals surface area contributed by atoms with Gasteiger partial charge >= 0.3 is 5.97 Å². The summed E-state index contributed by atoms with van der Waals surface area (Å²) in [4.78, 5) is 23.6. The molecule has 116 valence electrons. The number of esters is 1. The first kappa shape index (κ1) is 16.4.